The molecule has 0 unspecified atom stereocenters. The van der Waals surface area contributed by atoms with Gasteiger partial charge in [-0.3, -0.25) is 4.98 Å². The minimum atomic E-state index is -4.68. The van der Waals surface area contributed by atoms with Crippen LogP contribution in [0.3, 0.4) is 0 Å². The summed E-state index contributed by atoms with van der Waals surface area (Å²) in [4.78, 5) is 17.2. The molecule has 3 heterocycles. The lowest BCUT2D eigenvalue weighted by Crippen LogP contribution is -2.18. The first-order valence-corrected chi connectivity index (χ1v) is 9.84. The molecule has 3 rings (SSSR count). The van der Waals surface area contributed by atoms with E-state index >= 15 is 0 Å². The number of allylic oxidation sites excluding steroid dienone is 1. The molecule has 0 saturated heterocycles. The molecular weight excluding hydrogens is 447 g/mol. The smallest absolute Gasteiger partial charge is 0.471 e. The zero-order valence-electron chi connectivity index (χ0n) is 16.9. The predicted molar refractivity (Wildman–Crippen MR) is 112 cm³/mol. The van der Waals surface area contributed by atoms with Gasteiger partial charge in [0, 0.05) is 36.1 Å². The Morgan fingerprint density at radius 3 is 2.78 bits per heavy atom. The van der Waals surface area contributed by atoms with Crippen molar-refractivity contribution in [1.29, 1.82) is 0 Å². The monoisotopic (exact) mass is 465 g/mol. The van der Waals surface area contributed by atoms with Crippen molar-refractivity contribution >= 4 is 23.0 Å². The van der Waals surface area contributed by atoms with Crippen LogP contribution in [0.2, 0.25) is 0 Å². The van der Waals surface area contributed by atoms with E-state index in [-0.39, 0.29) is 5.82 Å². The average molecular weight is 465 g/mol. The molecule has 32 heavy (non-hydrogen) atoms. The van der Waals surface area contributed by atoms with E-state index in [9.17, 15) is 13.2 Å². The van der Waals surface area contributed by atoms with Crippen LogP contribution in [-0.2, 0) is 17.3 Å². The number of methoxy groups -OCH3 is 1. The molecule has 0 bridgehead atoms. The number of alkyl halides is 3. The van der Waals surface area contributed by atoms with Gasteiger partial charge in [0.15, 0.2) is 11.6 Å². The Balaban J connectivity index is 1.75. The van der Waals surface area contributed by atoms with Crippen molar-refractivity contribution < 1.29 is 22.4 Å². The Kier molecular flexibility index (Phi) is 7.20. The van der Waals surface area contributed by atoms with Crippen molar-refractivity contribution in [3.8, 4) is 10.7 Å². The van der Waals surface area contributed by atoms with Crippen LogP contribution in [0.1, 0.15) is 17.7 Å². The average Bonchev–Trinajstić information content (AvgIpc) is 3.43. The number of nitrogens with one attached hydrogen (secondary N) is 1. The highest BCUT2D eigenvalue weighted by atomic mass is 32.1. The third kappa shape index (κ3) is 5.91. The lowest BCUT2D eigenvalue weighted by molar-refractivity contribution is -0.159. The number of hydrogen-bond acceptors (Lipinski definition) is 9. The van der Waals surface area contributed by atoms with Crippen LogP contribution in [0, 0.1) is 0 Å². The number of amidine groups is 1. The van der Waals surface area contributed by atoms with E-state index in [4.69, 9.17) is 10.5 Å². The van der Waals surface area contributed by atoms with Crippen LogP contribution in [0.15, 0.2) is 64.0 Å². The fraction of sp³-hybridized carbons (Fsp3) is 0.211. The molecule has 3 aromatic rings. The summed E-state index contributed by atoms with van der Waals surface area (Å²) in [6.45, 7) is 1.86. The number of rotatable bonds is 7. The Bertz CT molecular complexity index is 1140. The summed E-state index contributed by atoms with van der Waals surface area (Å²) >= 11 is 1.26. The lowest BCUT2D eigenvalue weighted by atomic mass is 10.2. The molecule has 0 spiro atoms. The minimum Gasteiger partial charge on any atom is -0.491 e. The van der Waals surface area contributed by atoms with Gasteiger partial charge in [0.05, 0.1) is 18.2 Å². The fourth-order valence-corrected chi connectivity index (χ4v) is 3.44. The van der Waals surface area contributed by atoms with Crippen LogP contribution < -0.4 is 11.1 Å². The first kappa shape index (κ1) is 22.9. The molecule has 0 atom stereocenters. The molecule has 3 N–H and O–H groups in total. The number of halogens is 3. The summed E-state index contributed by atoms with van der Waals surface area (Å²) in [5, 5.41) is 6.38. The van der Waals surface area contributed by atoms with Gasteiger partial charge in [-0.15, -0.1) is 11.3 Å². The number of nitrogens with two attached hydrogens (primary N) is 1. The molecule has 168 valence electrons. The molecule has 0 amide bonds. The number of aromatic nitrogens is 4. The van der Waals surface area contributed by atoms with E-state index in [1.807, 2.05) is 6.92 Å². The van der Waals surface area contributed by atoms with Gasteiger partial charge in [-0.2, -0.15) is 18.2 Å². The quantitative estimate of drug-likeness (QED) is 0.305. The molecule has 3 aromatic heterocycles. The zero-order chi connectivity index (χ0) is 23.1. The summed E-state index contributed by atoms with van der Waals surface area (Å²) in [6, 6.07) is 3.42. The van der Waals surface area contributed by atoms with Gasteiger partial charge < -0.3 is 20.3 Å². The number of nitrogens with zero attached hydrogens (tertiary/aromatic N) is 5. The van der Waals surface area contributed by atoms with Crippen LogP contribution in [-0.4, -0.2) is 33.1 Å². The largest absolute Gasteiger partial charge is 0.491 e. The molecule has 13 heteroatoms. The molecule has 0 aliphatic carbocycles. The van der Waals surface area contributed by atoms with E-state index in [1.54, 1.807) is 18.3 Å². The van der Waals surface area contributed by atoms with Gasteiger partial charge in [0.25, 0.3) is 0 Å². The summed E-state index contributed by atoms with van der Waals surface area (Å²) in [5.74, 6) is -0.404. The van der Waals surface area contributed by atoms with E-state index in [0.29, 0.717) is 28.7 Å². The standard InChI is InChI=1S/C19H18F3N7O2S/c1-11(9-26-16(13(8-23)30-2)27-15-10-24-5-6-25-15)7-12-3-4-14(32-12)17-28-18(31-29-17)19(20,21)22/h3-6,8-10H,7,23H2,1-2H3,(H,25,26,27)/b11-9+,13-8+. The second-order valence-electron chi connectivity index (χ2n) is 6.27. The van der Waals surface area contributed by atoms with Crippen LogP contribution in [0.25, 0.3) is 10.7 Å². The summed E-state index contributed by atoms with van der Waals surface area (Å²) in [6.07, 6.45) is 3.29. The third-order valence-electron chi connectivity index (χ3n) is 3.83. The van der Waals surface area contributed by atoms with Gasteiger partial charge in [0.2, 0.25) is 5.82 Å². The molecule has 0 aliphatic rings. The van der Waals surface area contributed by atoms with Crippen LogP contribution >= 0.6 is 11.3 Å². The van der Waals surface area contributed by atoms with Crippen molar-refractivity contribution in [3.63, 3.8) is 0 Å². The molecule has 9 nitrogen and oxygen atoms in total. The number of thiophene rings is 1. The SMILES string of the molecule is COC(=C/N)/C(=N\C=C(/C)Cc1ccc(-c2noc(C(F)(F)F)n2)s1)Nc1cnccn1. The molecule has 0 aromatic carbocycles. The maximum Gasteiger partial charge on any atom is 0.471 e. The van der Waals surface area contributed by atoms with Gasteiger partial charge in [0.1, 0.15) is 5.82 Å². The Morgan fingerprint density at radius 1 is 1.34 bits per heavy atom. The van der Waals surface area contributed by atoms with Crippen molar-refractivity contribution in [2.45, 2.75) is 19.5 Å². The van der Waals surface area contributed by atoms with Gasteiger partial charge in [-0.25, -0.2) is 9.98 Å². The van der Waals surface area contributed by atoms with Gasteiger partial charge >= 0.3 is 12.1 Å². The van der Waals surface area contributed by atoms with Crippen molar-refractivity contribution in [2.24, 2.45) is 10.7 Å². The summed E-state index contributed by atoms with van der Waals surface area (Å²) in [5.41, 5.74) is 6.47. The zero-order valence-corrected chi connectivity index (χ0v) is 17.7. The molecule has 0 radical (unpaired) electrons. The number of aliphatic imine (C=N–C) groups is 1. The second-order valence-corrected chi connectivity index (χ2v) is 7.44. The first-order chi connectivity index (χ1) is 15.3. The number of hydrogen-bond donors (Lipinski definition) is 2. The Labute approximate surface area is 184 Å². The molecule has 0 saturated carbocycles. The summed E-state index contributed by atoms with van der Waals surface area (Å²) < 4.78 is 47.4. The topological polar surface area (TPSA) is 124 Å². The highest BCUT2D eigenvalue weighted by Crippen LogP contribution is 2.32. The van der Waals surface area contributed by atoms with Crippen molar-refractivity contribution in [1.82, 2.24) is 20.1 Å². The van der Waals surface area contributed by atoms with Gasteiger partial charge in [-0.05, 0) is 24.6 Å². The summed E-state index contributed by atoms with van der Waals surface area (Å²) in [7, 11) is 1.46. The fourth-order valence-electron chi connectivity index (χ4n) is 2.41. The lowest BCUT2D eigenvalue weighted by Gasteiger charge is -2.10. The molecular formula is C19H18F3N7O2S. The van der Waals surface area contributed by atoms with E-state index in [0.717, 1.165) is 10.5 Å². The number of anilines is 1. The predicted octanol–water partition coefficient (Wildman–Crippen LogP) is 4.01. The van der Waals surface area contributed by atoms with Gasteiger partial charge in [-0.1, -0.05) is 5.16 Å². The highest BCUT2D eigenvalue weighted by molar-refractivity contribution is 7.15. The normalized spacial score (nSPS) is 13.3. The van der Waals surface area contributed by atoms with E-state index < -0.39 is 12.1 Å². The maximum atomic E-state index is 12.6. The number of ether oxygens (including phenoxy) is 1. The molecule has 0 aliphatic heterocycles. The van der Waals surface area contributed by atoms with Crippen molar-refractivity contribution in [3.05, 3.63) is 65.2 Å². The molecule has 0 fully saturated rings. The van der Waals surface area contributed by atoms with Crippen LogP contribution in [0.5, 0.6) is 0 Å². The van der Waals surface area contributed by atoms with E-state index in [2.05, 4.69) is 34.9 Å². The Morgan fingerprint density at radius 2 is 2.16 bits per heavy atom. The van der Waals surface area contributed by atoms with Crippen LogP contribution in [0.4, 0.5) is 19.0 Å². The van der Waals surface area contributed by atoms with Crippen molar-refractivity contribution in [2.75, 3.05) is 12.4 Å². The third-order valence-corrected chi connectivity index (χ3v) is 4.91. The Hall–Kier alpha value is -3.74. The minimum absolute atomic E-state index is 0.110. The second kappa shape index (κ2) is 10.0. The highest BCUT2D eigenvalue weighted by Gasteiger charge is 2.38. The maximum absolute atomic E-state index is 12.6. The van der Waals surface area contributed by atoms with E-state index in [1.165, 1.54) is 43.2 Å². The first-order valence-electron chi connectivity index (χ1n) is 9.03.